The summed E-state index contributed by atoms with van der Waals surface area (Å²) in [6.07, 6.45) is 2.38. The number of pyridine rings is 1. The number of benzene rings is 1. The minimum Gasteiger partial charge on any atom is -0.396 e. The van der Waals surface area contributed by atoms with E-state index in [9.17, 15) is 9.90 Å². The number of nitrogens with zero attached hydrogens (tertiary/aromatic N) is 1. The molecule has 0 saturated carbocycles. The molecule has 0 saturated heterocycles. The number of aromatic nitrogens is 1. The highest BCUT2D eigenvalue weighted by Gasteiger charge is 2.13. The number of nitrogens with one attached hydrogen (secondary N) is 1. The Morgan fingerprint density at radius 1 is 1.27 bits per heavy atom. The molecular weight excluding hydrogens is 276 g/mol. The van der Waals surface area contributed by atoms with Gasteiger partial charge in [-0.3, -0.25) is 9.78 Å². The molecule has 1 amide bonds. The van der Waals surface area contributed by atoms with Gasteiger partial charge in [-0.2, -0.15) is 0 Å². The van der Waals surface area contributed by atoms with Gasteiger partial charge in [0.05, 0.1) is 0 Å². The maximum Gasteiger partial charge on any atom is 0.251 e. The standard InChI is InChI=1S/C18H22N2O2/c1-13-6-7-14(2)17(9-13)18(22)20-11-15(12-21)10-16-5-3-4-8-19-16/h3-9,15,21H,10-12H2,1-2H3,(H,20,22). The lowest BCUT2D eigenvalue weighted by Crippen LogP contribution is -2.32. The zero-order valence-electron chi connectivity index (χ0n) is 13.0. The molecule has 0 aliphatic heterocycles. The third kappa shape index (κ3) is 4.40. The SMILES string of the molecule is Cc1ccc(C)c(C(=O)NCC(CO)Cc2ccccn2)c1. The molecule has 1 atom stereocenters. The van der Waals surface area contributed by atoms with Crippen molar-refractivity contribution in [1.29, 1.82) is 0 Å². The van der Waals surface area contributed by atoms with Gasteiger partial charge in [0.2, 0.25) is 0 Å². The number of aryl methyl sites for hydroxylation is 2. The summed E-state index contributed by atoms with van der Waals surface area (Å²) < 4.78 is 0. The van der Waals surface area contributed by atoms with Gasteiger partial charge in [0.25, 0.3) is 5.91 Å². The fraction of sp³-hybridized carbons (Fsp3) is 0.333. The first-order valence-corrected chi connectivity index (χ1v) is 7.46. The van der Waals surface area contributed by atoms with Gasteiger partial charge in [0, 0.05) is 36.5 Å². The summed E-state index contributed by atoms with van der Waals surface area (Å²) >= 11 is 0. The van der Waals surface area contributed by atoms with Crippen LogP contribution in [0.1, 0.15) is 27.2 Å². The molecule has 0 radical (unpaired) electrons. The molecule has 2 rings (SSSR count). The number of hydrogen-bond donors (Lipinski definition) is 2. The first-order chi connectivity index (χ1) is 10.6. The van der Waals surface area contributed by atoms with Crippen LogP contribution in [0.5, 0.6) is 0 Å². The van der Waals surface area contributed by atoms with Gasteiger partial charge < -0.3 is 10.4 Å². The van der Waals surface area contributed by atoms with Crippen LogP contribution in [0.25, 0.3) is 0 Å². The van der Waals surface area contributed by atoms with E-state index < -0.39 is 0 Å². The van der Waals surface area contributed by atoms with Crippen molar-refractivity contribution in [2.75, 3.05) is 13.2 Å². The van der Waals surface area contributed by atoms with Gasteiger partial charge in [-0.1, -0.05) is 23.8 Å². The molecule has 0 spiro atoms. The molecule has 1 aromatic carbocycles. The van der Waals surface area contributed by atoms with Crippen molar-refractivity contribution in [1.82, 2.24) is 10.3 Å². The van der Waals surface area contributed by atoms with E-state index in [2.05, 4.69) is 10.3 Å². The van der Waals surface area contributed by atoms with E-state index in [4.69, 9.17) is 0 Å². The molecule has 1 aromatic heterocycles. The van der Waals surface area contributed by atoms with Crippen molar-refractivity contribution >= 4 is 5.91 Å². The van der Waals surface area contributed by atoms with Crippen molar-refractivity contribution < 1.29 is 9.90 Å². The van der Waals surface area contributed by atoms with E-state index in [0.717, 1.165) is 16.8 Å². The van der Waals surface area contributed by atoms with Crippen LogP contribution in [-0.4, -0.2) is 29.1 Å². The average Bonchev–Trinajstić information content (AvgIpc) is 2.54. The van der Waals surface area contributed by atoms with Crippen molar-refractivity contribution in [3.8, 4) is 0 Å². The predicted molar refractivity (Wildman–Crippen MR) is 86.8 cm³/mol. The fourth-order valence-electron chi connectivity index (χ4n) is 2.33. The zero-order chi connectivity index (χ0) is 15.9. The Bertz CT molecular complexity index is 626. The average molecular weight is 298 g/mol. The number of carbonyl (C=O) groups excluding carboxylic acids is 1. The second-order valence-corrected chi connectivity index (χ2v) is 5.60. The van der Waals surface area contributed by atoms with Gasteiger partial charge in [-0.25, -0.2) is 0 Å². The van der Waals surface area contributed by atoms with E-state index in [0.29, 0.717) is 18.5 Å². The van der Waals surface area contributed by atoms with Crippen LogP contribution in [0, 0.1) is 19.8 Å². The Morgan fingerprint density at radius 2 is 2.09 bits per heavy atom. The van der Waals surface area contributed by atoms with Gasteiger partial charge >= 0.3 is 0 Å². The molecule has 0 bridgehead atoms. The third-order valence-corrected chi connectivity index (χ3v) is 3.67. The maximum atomic E-state index is 12.3. The van der Waals surface area contributed by atoms with Crippen LogP contribution < -0.4 is 5.32 Å². The van der Waals surface area contributed by atoms with Crippen molar-refractivity contribution in [3.63, 3.8) is 0 Å². The number of aliphatic hydroxyl groups is 1. The summed E-state index contributed by atoms with van der Waals surface area (Å²) in [6, 6.07) is 11.5. The Balaban J connectivity index is 1.95. The first-order valence-electron chi connectivity index (χ1n) is 7.46. The molecule has 2 N–H and O–H groups in total. The quantitative estimate of drug-likeness (QED) is 0.860. The predicted octanol–water partition coefficient (Wildman–Crippen LogP) is 2.28. The van der Waals surface area contributed by atoms with E-state index in [1.807, 2.05) is 50.2 Å². The number of hydrogen-bond acceptors (Lipinski definition) is 3. The Hall–Kier alpha value is -2.20. The molecular formula is C18H22N2O2. The minimum atomic E-state index is -0.0966. The first kappa shape index (κ1) is 16.2. The lowest BCUT2D eigenvalue weighted by molar-refractivity contribution is 0.0939. The monoisotopic (exact) mass is 298 g/mol. The molecule has 22 heavy (non-hydrogen) atoms. The lowest BCUT2D eigenvalue weighted by Gasteiger charge is -2.15. The summed E-state index contributed by atoms with van der Waals surface area (Å²) in [4.78, 5) is 16.5. The van der Waals surface area contributed by atoms with Crippen molar-refractivity contribution in [2.45, 2.75) is 20.3 Å². The van der Waals surface area contributed by atoms with Crippen molar-refractivity contribution in [3.05, 3.63) is 65.0 Å². The van der Waals surface area contributed by atoms with Crippen LogP contribution in [0.2, 0.25) is 0 Å². The number of carbonyl (C=O) groups is 1. The highest BCUT2D eigenvalue weighted by Crippen LogP contribution is 2.11. The lowest BCUT2D eigenvalue weighted by atomic mass is 10.0. The molecule has 116 valence electrons. The van der Waals surface area contributed by atoms with Crippen molar-refractivity contribution in [2.24, 2.45) is 5.92 Å². The van der Waals surface area contributed by atoms with E-state index in [1.54, 1.807) is 6.20 Å². The zero-order valence-corrected chi connectivity index (χ0v) is 13.0. The van der Waals surface area contributed by atoms with Crippen LogP contribution in [0.15, 0.2) is 42.6 Å². The summed E-state index contributed by atoms with van der Waals surface area (Å²) in [5, 5.41) is 12.4. The fourth-order valence-corrected chi connectivity index (χ4v) is 2.33. The second kappa shape index (κ2) is 7.71. The maximum absolute atomic E-state index is 12.3. The molecule has 0 aliphatic rings. The third-order valence-electron chi connectivity index (χ3n) is 3.67. The van der Waals surface area contributed by atoms with Gasteiger partial charge in [0.1, 0.15) is 0 Å². The van der Waals surface area contributed by atoms with Gasteiger partial charge in [-0.15, -0.1) is 0 Å². The summed E-state index contributed by atoms with van der Waals surface area (Å²) in [5.74, 6) is -0.135. The smallest absolute Gasteiger partial charge is 0.251 e. The largest absolute Gasteiger partial charge is 0.396 e. The normalized spacial score (nSPS) is 12.0. The Morgan fingerprint density at radius 3 is 2.77 bits per heavy atom. The van der Waals surface area contributed by atoms with E-state index in [1.165, 1.54) is 0 Å². The second-order valence-electron chi connectivity index (χ2n) is 5.60. The molecule has 0 aliphatic carbocycles. The molecule has 0 fully saturated rings. The van der Waals surface area contributed by atoms with Crippen LogP contribution in [0.3, 0.4) is 0 Å². The number of rotatable bonds is 6. The van der Waals surface area contributed by atoms with Crippen LogP contribution >= 0.6 is 0 Å². The van der Waals surface area contributed by atoms with Gasteiger partial charge in [-0.05, 0) is 44.0 Å². The molecule has 4 nitrogen and oxygen atoms in total. The summed E-state index contributed by atoms with van der Waals surface area (Å²) in [5.41, 5.74) is 3.62. The summed E-state index contributed by atoms with van der Waals surface area (Å²) in [7, 11) is 0. The molecule has 4 heteroatoms. The topological polar surface area (TPSA) is 62.2 Å². The van der Waals surface area contributed by atoms with E-state index in [-0.39, 0.29) is 18.4 Å². The van der Waals surface area contributed by atoms with Crippen LogP contribution in [-0.2, 0) is 6.42 Å². The summed E-state index contributed by atoms with van der Waals surface area (Å²) in [6.45, 7) is 4.34. The molecule has 1 heterocycles. The number of aliphatic hydroxyl groups excluding tert-OH is 1. The van der Waals surface area contributed by atoms with E-state index >= 15 is 0 Å². The molecule has 2 aromatic rings. The van der Waals surface area contributed by atoms with Gasteiger partial charge in [0.15, 0.2) is 0 Å². The highest BCUT2D eigenvalue weighted by molar-refractivity contribution is 5.95. The highest BCUT2D eigenvalue weighted by atomic mass is 16.3. The molecule has 1 unspecified atom stereocenters. The van der Waals surface area contributed by atoms with Crippen LogP contribution in [0.4, 0.5) is 0 Å². The Kier molecular flexibility index (Phi) is 5.67. The Labute approximate surface area is 131 Å². The minimum absolute atomic E-state index is 0.0175. The number of amides is 1.